The number of nitrogens with one attached hydrogen (secondary N) is 1. The Bertz CT molecular complexity index is 918. The second-order valence-electron chi connectivity index (χ2n) is 9.73. The van der Waals surface area contributed by atoms with E-state index >= 15 is 0 Å². The molecule has 1 aromatic heterocycles. The molecule has 158 valence electrons. The normalized spacial score (nSPS) is 29.6. The van der Waals surface area contributed by atoms with Gasteiger partial charge in [0.25, 0.3) is 0 Å². The van der Waals surface area contributed by atoms with Gasteiger partial charge in [-0.3, -0.25) is 4.79 Å². The van der Waals surface area contributed by atoms with Gasteiger partial charge in [-0.2, -0.15) is 0 Å². The Morgan fingerprint density at radius 2 is 1.80 bits per heavy atom. The van der Waals surface area contributed by atoms with Crippen molar-refractivity contribution in [1.29, 1.82) is 0 Å². The zero-order chi connectivity index (χ0) is 20.3. The Morgan fingerprint density at radius 3 is 2.47 bits per heavy atom. The van der Waals surface area contributed by atoms with Crippen molar-refractivity contribution >= 4 is 17.6 Å². The Hall–Kier alpha value is -2.57. The minimum atomic E-state index is -0.348. The van der Waals surface area contributed by atoms with Crippen LogP contribution in [-0.4, -0.2) is 53.2 Å². The number of anilines is 2. The first-order chi connectivity index (χ1) is 14.6. The number of para-hydroxylation sites is 1. The minimum absolute atomic E-state index is 0.132. The summed E-state index contributed by atoms with van der Waals surface area (Å²) < 4.78 is 5.91. The number of benzene rings is 1. The number of rotatable bonds is 5. The lowest BCUT2D eigenvalue weighted by molar-refractivity contribution is -0.133. The molecule has 3 heterocycles. The number of fused-ring (bicyclic) bond motifs is 1. The number of amides is 1. The molecule has 1 amide bonds. The van der Waals surface area contributed by atoms with Gasteiger partial charge in [0.1, 0.15) is 6.04 Å². The molecule has 2 saturated heterocycles. The minimum Gasteiger partial charge on any atom is -0.408 e. The summed E-state index contributed by atoms with van der Waals surface area (Å²) in [6.07, 6.45) is 5.00. The van der Waals surface area contributed by atoms with E-state index in [0.29, 0.717) is 35.1 Å². The quantitative estimate of drug-likeness (QED) is 0.821. The molecule has 4 aliphatic rings. The highest BCUT2D eigenvalue weighted by Crippen LogP contribution is 2.58. The van der Waals surface area contributed by atoms with Gasteiger partial charge >= 0.3 is 6.01 Å². The molecule has 4 atom stereocenters. The van der Waals surface area contributed by atoms with Gasteiger partial charge in [-0.25, -0.2) is 0 Å². The van der Waals surface area contributed by atoms with Crippen LogP contribution < -0.4 is 10.2 Å². The zero-order valence-corrected chi connectivity index (χ0v) is 17.5. The van der Waals surface area contributed by atoms with Crippen LogP contribution in [0, 0.1) is 17.3 Å². The van der Waals surface area contributed by atoms with Crippen LogP contribution in [0.4, 0.5) is 11.7 Å². The Kier molecular flexibility index (Phi) is 4.08. The maximum absolute atomic E-state index is 12.8. The number of carbonyl (C=O) groups is 1. The summed E-state index contributed by atoms with van der Waals surface area (Å²) in [5.74, 6) is 2.37. The second kappa shape index (κ2) is 6.72. The molecular weight excluding hydrogens is 378 g/mol. The average Bonchev–Trinajstić information content (AvgIpc) is 3.55. The summed E-state index contributed by atoms with van der Waals surface area (Å²) >= 11 is 0. The van der Waals surface area contributed by atoms with Crippen molar-refractivity contribution in [1.82, 2.24) is 15.1 Å². The van der Waals surface area contributed by atoms with Gasteiger partial charge in [-0.05, 0) is 62.0 Å². The number of aromatic nitrogens is 2. The fourth-order valence-electron chi connectivity index (χ4n) is 5.57. The van der Waals surface area contributed by atoms with Crippen LogP contribution in [-0.2, 0) is 4.79 Å². The molecule has 1 N–H and O–H groups in total. The topological polar surface area (TPSA) is 74.5 Å². The average molecular weight is 408 g/mol. The number of piperidine rings is 2. The van der Waals surface area contributed by atoms with Crippen molar-refractivity contribution in [2.75, 3.05) is 36.4 Å². The first kappa shape index (κ1) is 18.2. The molecule has 7 heteroatoms. The van der Waals surface area contributed by atoms with Crippen LogP contribution in [0.15, 0.2) is 34.7 Å². The van der Waals surface area contributed by atoms with Crippen LogP contribution in [0.1, 0.15) is 44.4 Å². The summed E-state index contributed by atoms with van der Waals surface area (Å²) in [6, 6.07) is 10.6. The van der Waals surface area contributed by atoms with Gasteiger partial charge < -0.3 is 19.5 Å². The molecular formula is C23H29N5O2. The molecule has 0 unspecified atom stereocenters. The molecule has 7 nitrogen and oxygen atoms in total. The number of hydrogen-bond acceptors (Lipinski definition) is 6. The molecule has 2 saturated carbocycles. The molecule has 30 heavy (non-hydrogen) atoms. The molecule has 1 spiro atoms. The predicted molar refractivity (Wildman–Crippen MR) is 113 cm³/mol. The van der Waals surface area contributed by atoms with E-state index in [1.165, 1.54) is 18.5 Å². The van der Waals surface area contributed by atoms with Gasteiger partial charge in [-0.15, -0.1) is 5.10 Å². The number of carbonyl (C=O) groups excluding carboxylic acids is 1. The fraction of sp³-hybridized carbons (Fsp3) is 0.609. The molecule has 0 radical (unpaired) electrons. The van der Waals surface area contributed by atoms with Gasteiger partial charge in [0.2, 0.25) is 11.8 Å². The van der Waals surface area contributed by atoms with E-state index in [2.05, 4.69) is 50.7 Å². The second-order valence-corrected chi connectivity index (χ2v) is 9.73. The third-order valence-electron chi connectivity index (χ3n) is 7.84. The van der Waals surface area contributed by atoms with E-state index in [1.807, 2.05) is 11.8 Å². The summed E-state index contributed by atoms with van der Waals surface area (Å²) in [4.78, 5) is 17.2. The van der Waals surface area contributed by atoms with Gasteiger partial charge in [-0.1, -0.05) is 23.3 Å². The maximum Gasteiger partial charge on any atom is 0.316 e. The van der Waals surface area contributed by atoms with Gasteiger partial charge in [0, 0.05) is 37.8 Å². The summed E-state index contributed by atoms with van der Waals surface area (Å²) in [5, 5.41) is 11.6. The number of nitrogens with zero attached hydrogens (tertiary/aromatic N) is 4. The van der Waals surface area contributed by atoms with Gasteiger partial charge in [0.05, 0.1) is 0 Å². The monoisotopic (exact) mass is 407 g/mol. The lowest BCUT2D eigenvalue weighted by atomic mass is 9.93. The van der Waals surface area contributed by atoms with E-state index in [-0.39, 0.29) is 11.9 Å². The fourth-order valence-corrected chi connectivity index (χ4v) is 5.57. The van der Waals surface area contributed by atoms with Crippen molar-refractivity contribution in [3.05, 3.63) is 36.2 Å². The largest absolute Gasteiger partial charge is 0.408 e. The smallest absolute Gasteiger partial charge is 0.316 e. The zero-order valence-electron chi connectivity index (χ0n) is 17.5. The standard InChI is InChI=1S/C23H29N5O2/c1-15(21(29)27-11-9-23(7-8-23)10-12-27)24-22-26-25-20(30-22)19-17-13-28(14-18(17)19)16-5-3-2-4-6-16/h2-6,15,17-19H,7-14H2,1H3,(H,24,26)/t15-,17-,18+,19+/m1/s1. The lowest BCUT2D eigenvalue weighted by Crippen LogP contribution is -2.45. The first-order valence-electron chi connectivity index (χ1n) is 11.3. The molecule has 2 aromatic rings. The molecule has 6 rings (SSSR count). The van der Waals surface area contributed by atoms with Crippen LogP contribution in [0.5, 0.6) is 0 Å². The summed E-state index contributed by atoms with van der Waals surface area (Å²) in [5.41, 5.74) is 1.86. The molecule has 1 aromatic carbocycles. The lowest BCUT2D eigenvalue weighted by Gasteiger charge is -2.33. The molecule has 2 aliphatic carbocycles. The predicted octanol–water partition coefficient (Wildman–Crippen LogP) is 3.12. The highest BCUT2D eigenvalue weighted by atomic mass is 16.4. The highest BCUT2D eigenvalue weighted by Gasteiger charge is 2.59. The third kappa shape index (κ3) is 3.15. The van der Waals surface area contributed by atoms with E-state index in [9.17, 15) is 4.79 Å². The number of likely N-dealkylation sites (tertiary alicyclic amines) is 1. The summed E-state index contributed by atoms with van der Waals surface area (Å²) in [7, 11) is 0. The number of hydrogen-bond donors (Lipinski definition) is 1. The van der Waals surface area contributed by atoms with E-state index in [0.717, 1.165) is 39.0 Å². The van der Waals surface area contributed by atoms with E-state index < -0.39 is 0 Å². The van der Waals surface area contributed by atoms with Crippen molar-refractivity contribution in [3.63, 3.8) is 0 Å². The summed E-state index contributed by atoms with van der Waals surface area (Å²) in [6.45, 7) is 5.72. The van der Waals surface area contributed by atoms with Crippen molar-refractivity contribution in [2.24, 2.45) is 17.3 Å². The van der Waals surface area contributed by atoms with Crippen LogP contribution in [0.2, 0.25) is 0 Å². The van der Waals surface area contributed by atoms with E-state index in [4.69, 9.17) is 4.42 Å². The highest BCUT2D eigenvalue weighted by molar-refractivity contribution is 5.83. The SMILES string of the molecule is C[C@@H](Nc1nnc([C@H]2[C@@H]3CN(c4ccccc4)C[C@@H]32)o1)C(=O)N1CCC2(CC1)CC2. The van der Waals surface area contributed by atoms with E-state index in [1.54, 1.807) is 0 Å². The molecule has 4 fully saturated rings. The maximum atomic E-state index is 12.8. The van der Waals surface area contributed by atoms with Gasteiger partial charge in [0.15, 0.2) is 0 Å². The Morgan fingerprint density at radius 1 is 1.10 bits per heavy atom. The van der Waals surface area contributed by atoms with Crippen LogP contribution in [0.25, 0.3) is 0 Å². The first-order valence-corrected chi connectivity index (χ1v) is 11.3. The molecule has 2 aliphatic heterocycles. The molecule has 0 bridgehead atoms. The van der Waals surface area contributed by atoms with Crippen molar-refractivity contribution in [3.8, 4) is 0 Å². The van der Waals surface area contributed by atoms with Crippen molar-refractivity contribution < 1.29 is 9.21 Å². The van der Waals surface area contributed by atoms with Crippen LogP contribution >= 0.6 is 0 Å². The third-order valence-corrected chi connectivity index (χ3v) is 7.84. The van der Waals surface area contributed by atoms with Crippen molar-refractivity contribution in [2.45, 2.75) is 44.6 Å². The van der Waals surface area contributed by atoms with Crippen LogP contribution in [0.3, 0.4) is 0 Å². The Balaban J connectivity index is 1.03. The Labute approximate surface area is 176 Å².